The molecule has 1 saturated heterocycles. The van der Waals surface area contributed by atoms with E-state index in [9.17, 15) is 18.0 Å². The van der Waals surface area contributed by atoms with Gasteiger partial charge in [-0.15, -0.1) is 0 Å². The van der Waals surface area contributed by atoms with Crippen LogP contribution in [0.5, 0.6) is 5.75 Å². The molecular weight excluding hydrogens is 453 g/mol. The van der Waals surface area contributed by atoms with Gasteiger partial charge in [-0.2, -0.15) is 15.3 Å². The zero-order valence-corrected chi connectivity index (χ0v) is 18.1. The van der Waals surface area contributed by atoms with E-state index in [1.54, 1.807) is 6.07 Å². The van der Waals surface area contributed by atoms with E-state index in [1.165, 1.54) is 12.4 Å². The first-order valence-electron chi connectivity index (χ1n) is 10.3. The van der Waals surface area contributed by atoms with E-state index in [1.807, 2.05) is 7.05 Å². The lowest BCUT2D eigenvalue weighted by Crippen LogP contribution is -2.42. The third-order valence-electron chi connectivity index (χ3n) is 5.02. The van der Waals surface area contributed by atoms with Gasteiger partial charge in [0.25, 0.3) is 0 Å². The Balaban J connectivity index is 1.52. The number of ether oxygens (including phenoxy) is 2. The van der Waals surface area contributed by atoms with Crippen LogP contribution < -0.4 is 10.1 Å². The third-order valence-corrected chi connectivity index (χ3v) is 5.02. The average molecular weight is 474 g/mol. The lowest BCUT2D eigenvalue weighted by molar-refractivity contribution is -0.111. The summed E-state index contributed by atoms with van der Waals surface area (Å²) in [7, 11) is 1.98. The van der Waals surface area contributed by atoms with Crippen molar-refractivity contribution in [3.05, 3.63) is 59.7 Å². The molecule has 3 aromatic rings. The van der Waals surface area contributed by atoms with Gasteiger partial charge in [0.2, 0.25) is 5.91 Å². The molecule has 1 unspecified atom stereocenters. The summed E-state index contributed by atoms with van der Waals surface area (Å²) in [6.07, 6.45) is 5.02. The summed E-state index contributed by atoms with van der Waals surface area (Å²) >= 11 is 0. The molecule has 1 aliphatic rings. The highest BCUT2D eigenvalue weighted by Crippen LogP contribution is 2.34. The number of nitrogens with zero attached hydrogens (tertiary/aromatic N) is 4. The maximum Gasteiger partial charge on any atom is 0.249 e. The number of morpholine rings is 1. The molecule has 0 saturated carbocycles. The molecule has 1 aromatic carbocycles. The van der Waals surface area contributed by atoms with Crippen LogP contribution in [0.1, 0.15) is 5.56 Å². The number of halogens is 3. The molecule has 34 heavy (non-hydrogen) atoms. The smallest absolute Gasteiger partial charge is 0.249 e. The molecule has 0 aliphatic carbocycles. The molecule has 4 rings (SSSR count). The molecule has 1 fully saturated rings. The van der Waals surface area contributed by atoms with Gasteiger partial charge >= 0.3 is 0 Å². The van der Waals surface area contributed by atoms with Gasteiger partial charge in [0.1, 0.15) is 18.4 Å². The van der Waals surface area contributed by atoms with Gasteiger partial charge in [0.05, 0.1) is 19.0 Å². The molecule has 1 aliphatic heterocycles. The average Bonchev–Trinajstić information content (AvgIpc) is 3.22. The number of anilines is 1. The first-order valence-corrected chi connectivity index (χ1v) is 10.3. The molecule has 0 spiro atoms. The second-order valence-corrected chi connectivity index (χ2v) is 7.59. The fraction of sp³-hybridized carbons (Fsp3) is 0.273. The predicted molar refractivity (Wildman–Crippen MR) is 116 cm³/mol. The van der Waals surface area contributed by atoms with Gasteiger partial charge in [-0.05, 0) is 36.9 Å². The van der Waals surface area contributed by atoms with Gasteiger partial charge in [0, 0.05) is 24.7 Å². The van der Waals surface area contributed by atoms with Gasteiger partial charge < -0.3 is 19.7 Å². The molecule has 9 nitrogen and oxygen atoms in total. The Morgan fingerprint density at radius 1 is 1.32 bits per heavy atom. The third kappa shape index (κ3) is 5.58. The van der Waals surface area contributed by atoms with Gasteiger partial charge in [-0.1, -0.05) is 0 Å². The first kappa shape index (κ1) is 23.4. The molecular formula is C22H21F3N6O3. The predicted octanol–water partition coefficient (Wildman–Crippen LogP) is 2.65. The highest BCUT2D eigenvalue weighted by Gasteiger charge is 2.23. The Labute approximate surface area is 192 Å². The number of nitrogens with one attached hydrogen (secondary N) is 2. The van der Waals surface area contributed by atoms with Crippen molar-refractivity contribution in [2.45, 2.75) is 6.10 Å². The number of likely N-dealkylation sites (N-methyl/N-ethyl adjacent to an activating group) is 1. The molecule has 12 heteroatoms. The van der Waals surface area contributed by atoms with Crippen LogP contribution in [0, 0.1) is 17.5 Å². The number of amides is 1. The molecule has 2 aromatic heterocycles. The fourth-order valence-corrected chi connectivity index (χ4v) is 3.34. The number of benzene rings is 1. The van der Waals surface area contributed by atoms with Crippen LogP contribution in [0.2, 0.25) is 0 Å². The minimum absolute atomic E-state index is 0.0211. The number of hydrogen-bond acceptors (Lipinski definition) is 7. The number of aromatic amines is 1. The van der Waals surface area contributed by atoms with Gasteiger partial charge in [-0.25, -0.2) is 13.2 Å². The Bertz CT molecular complexity index is 1160. The van der Waals surface area contributed by atoms with E-state index in [2.05, 4.69) is 30.6 Å². The maximum atomic E-state index is 13.4. The van der Waals surface area contributed by atoms with Gasteiger partial charge in [0.15, 0.2) is 29.0 Å². The Hall–Kier alpha value is -3.77. The van der Waals surface area contributed by atoms with Crippen molar-refractivity contribution in [1.82, 2.24) is 25.3 Å². The normalized spacial score (nSPS) is 16.6. The van der Waals surface area contributed by atoms with Crippen molar-refractivity contribution in [2.75, 3.05) is 38.7 Å². The van der Waals surface area contributed by atoms with E-state index in [4.69, 9.17) is 9.47 Å². The first-order chi connectivity index (χ1) is 16.4. The zero-order chi connectivity index (χ0) is 24.1. The van der Waals surface area contributed by atoms with Crippen LogP contribution in [0.3, 0.4) is 0 Å². The number of aromatic nitrogens is 4. The van der Waals surface area contributed by atoms with Crippen LogP contribution in [0.4, 0.5) is 19.0 Å². The van der Waals surface area contributed by atoms with Crippen molar-refractivity contribution in [1.29, 1.82) is 0 Å². The molecule has 0 radical (unpaired) electrons. The minimum atomic E-state index is -1.58. The number of carbonyl (C=O) groups is 1. The van der Waals surface area contributed by atoms with E-state index >= 15 is 0 Å². The summed E-state index contributed by atoms with van der Waals surface area (Å²) in [5, 5.41) is 17.1. The quantitative estimate of drug-likeness (QED) is 0.401. The van der Waals surface area contributed by atoms with Gasteiger partial charge in [-0.3, -0.25) is 9.89 Å². The summed E-state index contributed by atoms with van der Waals surface area (Å²) in [6, 6.07) is 3.25. The van der Waals surface area contributed by atoms with Crippen LogP contribution in [-0.2, 0) is 9.53 Å². The Morgan fingerprint density at radius 2 is 2.12 bits per heavy atom. The summed E-state index contributed by atoms with van der Waals surface area (Å²) in [5.74, 6) is -4.56. The summed E-state index contributed by atoms with van der Waals surface area (Å²) < 4.78 is 51.6. The Morgan fingerprint density at radius 3 is 2.82 bits per heavy atom. The molecule has 2 N–H and O–H groups in total. The summed E-state index contributed by atoms with van der Waals surface area (Å²) in [6.45, 7) is 2.29. The lowest BCUT2D eigenvalue weighted by atomic mass is 10.2. The Kier molecular flexibility index (Phi) is 7.18. The number of rotatable bonds is 7. The van der Waals surface area contributed by atoms with Crippen molar-refractivity contribution in [3.8, 4) is 17.0 Å². The van der Waals surface area contributed by atoms with E-state index in [0.717, 1.165) is 30.8 Å². The van der Waals surface area contributed by atoms with E-state index in [0.29, 0.717) is 24.4 Å². The van der Waals surface area contributed by atoms with Crippen LogP contribution in [-0.4, -0.2) is 70.7 Å². The highest BCUT2D eigenvalue weighted by atomic mass is 19.2. The molecule has 1 amide bonds. The van der Waals surface area contributed by atoms with Crippen molar-refractivity contribution in [2.24, 2.45) is 0 Å². The van der Waals surface area contributed by atoms with E-state index < -0.39 is 23.4 Å². The molecule has 178 valence electrons. The molecule has 1 atom stereocenters. The number of carbonyl (C=O) groups excluding carboxylic acids is 1. The van der Waals surface area contributed by atoms with Crippen LogP contribution in [0.15, 0.2) is 36.7 Å². The lowest BCUT2D eigenvalue weighted by Gasteiger charge is -2.29. The second-order valence-electron chi connectivity index (χ2n) is 7.59. The SMILES string of the molecule is CN1CCOC(COc2c(NC(=O)C=Cc3cc(F)c(F)c(F)c3)n[nH]c2-c2ccnnc2)C1. The van der Waals surface area contributed by atoms with Crippen molar-refractivity contribution < 1.29 is 27.4 Å². The standard InChI is InChI=1S/C22H21F3N6O3/c1-31-6-7-33-15(11-31)12-34-21-20(14-4-5-26-27-10-14)29-30-22(21)28-18(32)3-2-13-8-16(23)19(25)17(24)9-13/h2-5,8-10,15H,6-7,11-12H2,1H3,(H2,28,29,30,32). The monoisotopic (exact) mass is 474 g/mol. The number of hydrogen-bond donors (Lipinski definition) is 2. The zero-order valence-electron chi connectivity index (χ0n) is 18.1. The van der Waals surface area contributed by atoms with E-state index in [-0.39, 0.29) is 29.8 Å². The molecule has 0 bridgehead atoms. The largest absolute Gasteiger partial charge is 0.485 e. The minimum Gasteiger partial charge on any atom is -0.485 e. The summed E-state index contributed by atoms with van der Waals surface area (Å²) in [4.78, 5) is 14.6. The van der Waals surface area contributed by atoms with Crippen LogP contribution in [0.25, 0.3) is 17.3 Å². The van der Waals surface area contributed by atoms with Crippen molar-refractivity contribution in [3.63, 3.8) is 0 Å². The maximum absolute atomic E-state index is 13.4. The van der Waals surface area contributed by atoms with Crippen molar-refractivity contribution >= 4 is 17.8 Å². The number of H-pyrrole nitrogens is 1. The fourth-order valence-electron chi connectivity index (χ4n) is 3.34. The van der Waals surface area contributed by atoms with Crippen LogP contribution >= 0.6 is 0 Å². The highest BCUT2D eigenvalue weighted by molar-refractivity contribution is 6.02. The second kappa shape index (κ2) is 10.4. The topological polar surface area (TPSA) is 105 Å². The molecule has 3 heterocycles. The summed E-state index contributed by atoms with van der Waals surface area (Å²) in [5.41, 5.74) is 1.08.